The monoisotopic (exact) mass is 318 g/mol. The van der Waals surface area contributed by atoms with Crippen molar-refractivity contribution in [3.05, 3.63) is 23.2 Å². The number of halogens is 1. The lowest BCUT2D eigenvalue weighted by atomic mass is 10.3. The number of nitrogens with one attached hydrogen (secondary N) is 1. The summed E-state index contributed by atoms with van der Waals surface area (Å²) in [6, 6.07) is 4.72. The lowest BCUT2D eigenvalue weighted by Gasteiger charge is -2.08. The Hall–Kier alpha value is -1.27. The van der Waals surface area contributed by atoms with Gasteiger partial charge >= 0.3 is 0 Å². The Bertz CT molecular complexity index is 573. The SMILES string of the molecule is CCCCS(=O)(=O)CCC(=O)Nc1ccc(N)cc1Cl. The molecule has 112 valence electrons. The normalized spacial score (nSPS) is 11.3. The van der Waals surface area contributed by atoms with Gasteiger partial charge in [0.25, 0.3) is 0 Å². The Labute approximate surface area is 124 Å². The molecule has 1 rings (SSSR count). The summed E-state index contributed by atoms with van der Waals surface area (Å²) >= 11 is 5.92. The van der Waals surface area contributed by atoms with Gasteiger partial charge in [0, 0.05) is 12.1 Å². The molecule has 0 saturated carbocycles. The van der Waals surface area contributed by atoms with Crippen molar-refractivity contribution >= 4 is 38.7 Å². The van der Waals surface area contributed by atoms with Crippen LogP contribution in [-0.4, -0.2) is 25.8 Å². The molecule has 0 aliphatic rings. The second-order valence-corrected chi connectivity index (χ2v) is 7.25. The van der Waals surface area contributed by atoms with Gasteiger partial charge in [0.05, 0.1) is 22.2 Å². The van der Waals surface area contributed by atoms with E-state index in [1.807, 2.05) is 6.92 Å². The Balaban J connectivity index is 2.52. The van der Waals surface area contributed by atoms with Crippen LogP contribution in [0.2, 0.25) is 5.02 Å². The molecule has 0 aliphatic carbocycles. The maximum Gasteiger partial charge on any atom is 0.225 e. The number of sulfone groups is 1. The number of carbonyl (C=O) groups is 1. The fourth-order valence-corrected chi connectivity index (χ4v) is 3.23. The van der Waals surface area contributed by atoms with Crippen LogP contribution in [0.3, 0.4) is 0 Å². The van der Waals surface area contributed by atoms with Crippen molar-refractivity contribution in [2.24, 2.45) is 0 Å². The third kappa shape index (κ3) is 5.79. The molecular weight excluding hydrogens is 300 g/mol. The van der Waals surface area contributed by atoms with E-state index in [2.05, 4.69) is 5.32 Å². The number of benzene rings is 1. The van der Waals surface area contributed by atoms with Crippen molar-refractivity contribution < 1.29 is 13.2 Å². The van der Waals surface area contributed by atoms with E-state index >= 15 is 0 Å². The predicted octanol–water partition coefficient (Wildman–Crippen LogP) is 2.47. The zero-order valence-electron chi connectivity index (χ0n) is 11.4. The molecule has 1 amide bonds. The lowest BCUT2D eigenvalue weighted by Crippen LogP contribution is -2.19. The first-order valence-corrected chi connectivity index (χ1v) is 8.59. The third-order valence-corrected chi connectivity index (χ3v) is 4.77. The van der Waals surface area contributed by atoms with Crippen molar-refractivity contribution in [1.82, 2.24) is 0 Å². The third-order valence-electron chi connectivity index (χ3n) is 2.72. The summed E-state index contributed by atoms with van der Waals surface area (Å²) in [5, 5.41) is 2.90. The van der Waals surface area contributed by atoms with E-state index in [0.717, 1.165) is 6.42 Å². The minimum absolute atomic E-state index is 0.0766. The summed E-state index contributed by atoms with van der Waals surface area (Å²) in [4.78, 5) is 11.7. The number of nitrogens with two attached hydrogens (primary N) is 1. The van der Waals surface area contributed by atoms with Crippen molar-refractivity contribution in [3.63, 3.8) is 0 Å². The highest BCUT2D eigenvalue weighted by Gasteiger charge is 2.14. The molecule has 0 saturated heterocycles. The van der Waals surface area contributed by atoms with E-state index in [1.165, 1.54) is 6.07 Å². The molecule has 0 heterocycles. The number of anilines is 2. The molecule has 20 heavy (non-hydrogen) atoms. The Morgan fingerprint density at radius 3 is 2.65 bits per heavy atom. The number of rotatable bonds is 7. The van der Waals surface area contributed by atoms with E-state index < -0.39 is 9.84 Å². The largest absolute Gasteiger partial charge is 0.399 e. The average Bonchev–Trinajstić information content (AvgIpc) is 2.38. The average molecular weight is 319 g/mol. The zero-order chi connectivity index (χ0) is 15.2. The Kier molecular flexibility index (Phi) is 6.29. The van der Waals surface area contributed by atoms with Gasteiger partial charge in [-0.1, -0.05) is 24.9 Å². The van der Waals surface area contributed by atoms with Gasteiger partial charge < -0.3 is 11.1 Å². The van der Waals surface area contributed by atoms with Gasteiger partial charge in [-0.2, -0.15) is 0 Å². The smallest absolute Gasteiger partial charge is 0.225 e. The topological polar surface area (TPSA) is 89.3 Å². The standard InChI is InChI=1S/C13H19ClN2O3S/c1-2-3-7-20(18,19)8-6-13(17)16-12-5-4-10(15)9-11(12)14/h4-5,9H,2-3,6-8,15H2,1H3,(H,16,17). The number of nitrogen functional groups attached to an aromatic ring is 1. The maximum absolute atomic E-state index is 11.7. The first-order valence-electron chi connectivity index (χ1n) is 6.39. The van der Waals surface area contributed by atoms with Gasteiger partial charge in [-0.15, -0.1) is 0 Å². The van der Waals surface area contributed by atoms with Crippen LogP contribution in [0.15, 0.2) is 18.2 Å². The molecule has 0 fully saturated rings. The Morgan fingerprint density at radius 1 is 1.35 bits per heavy atom. The van der Waals surface area contributed by atoms with Crippen molar-refractivity contribution in [2.45, 2.75) is 26.2 Å². The van der Waals surface area contributed by atoms with Crippen molar-refractivity contribution in [3.8, 4) is 0 Å². The predicted molar refractivity (Wildman–Crippen MR) is 82.7 cm³/mol. The fraction of sp³-hybridized carbons (Fsp3) is 0.462. The quantitative estimate of drug-likeness (QED) is 0.756. The highest BCUT2D eigenvalue weighted by atomic mass is 35.5. The number of unbranched alkanes of at least 4 members (excludes halogenated alkanes) is 1. The molecule has 0 unspecified atom stereocenters. The molecule has 5 nitrogen and oxygen atoms in total. The number of carbonyl (C=O) groups excluding carboxylic acids is 1. The van der Waals surface area contributed by atoms with Crippen LogP contribution in [0.5, 0.6) is 0 Å². The Morgan fingerprint density at radius 2 is 2.05 bits per heavy atom. The highest BCUT2D eigenvalue weighted by Crippen LogP contribution is 2.24. The number of amides is 1. The van der Waals surface area contributed by atoms with Gasteiger partial charge in [-0.05, 0) is 24.6 Å². The van der Waals surface area contributed by atoms with Crippen LogP contribution < -0.4 is 11.1 Å². The maximum atomic E-state index is 11.7. The minimum Gasteiger partial charge on any atom is -0.399 e. The molecule has 0 atom stereocenters. The van der Waals surface area contributed by atoms with Crippen LogP contribution in [0.4, 0.5) is 11.4 Å². The van der Waals surface area contributed by atoms with E-state index in [-0.39, 0.29) is 23.8 Å². The fourth-order valence-electron chi connectivity index (χ4n) is 1.56. The molecule has 0 bridgehead atoms. The van der Waals surface area contributed by atoms with Crippen LogP contribution >= 0.6 is 11.6 Å². The van der Waals surface area contributed by atoms with Crippen LogP contribution in [0, 0.1) is 0 Å². The molecule has 1 aromatic rings. The van der Waals surface area contributed by atoms with Gasteiger partial charge in [0.2, 0.25) is 5.91 Å². The summed E-state index contributed by atoms with van der Waals surface area (Å²) in [5.74, 6) is -0.401. The van der Waals surface area contributed by atoms with Gasteiger partial charge in [0.15, 0.2) is 9.84 Å². The first-order chi connectivity index (χ1) is 9.34. The summed E-state index contributed by atoms with van der Waals surface area (Å²) in [7, 11) is -3.16. The van der Waals surface area contributed by atoms with E-state index in [4.69, 9.17) is 17.3 Å². The second-order valence-electron chi connectivity index (χ2n) is 4.54. The zero-order valence-corrected chi connectivity index (χ0v) is 12.9. The van der Waals surface area contributed by atoms with Crippen LogP contribution in [-0.2, 0) is 14.6 Å². The molecule has 0 spiro atoms. The van der Waals surface area contributed by atoms with E-state index in [0.29, 0.717) is 22.8 Å². The number of hydrogen-bond donors (Lipinski definition) is 2. The van der Waals surface area contributed by atoms with E-state index in [9.17, 15) is 13.2 Å². The summed E-state index contributed by atoms with van der Waals surface area (Å²) in [6.45, 7) is 1.92. The van der Waals surface area contributed by atoms with Crippen LogP contribution in [0.25, 0.3) is 0 Å². The minimum atomic E-state index is -3.16. The molecule has 0 aromatic heterocycles. The van der Waals surface area contributed by atoms with Gasteiger partial charge in [0.1, 0.15) is 0 Å². The van der Waals surface area contributed by atoms with Gasteiger partial charge in [-0.25, -0.2) is 8.42 Å². The highest BCUT2D eigenvalue weighted by molar-refractivity contribution is 7.91. The molecular formula is C13H19ClN2O3S. The van der Waals surface area contributed by atoms with Gasteiger partial charge in [-0.3, -0.25) is 4.79 Å². The molecule has 0 radical (unpaired) electrons. The molecule has 0 aliphatic heterocycles. The number of hydrogen-bond acceptors (Lipinski definition) is 4. The second kappa shape index (κ2) is 7.50. The molecule has 1 aromatic carbocycles. The van der Waals surface area contributed by atoms with Crippen molar-refractivity contribution in [2.75, 3.05) is 22.6 Å². The summed E-state index contributed by atoms with van der Waals surface area (Å²) < 4.78 is 23.3. The molecule has 3 N–H and O–H groups in total. The van der Waals surface area contributed by atoms with Crippen LogP contribution in [0.1, 0.15) is 26.2 Å². The summed E-state index contributed by atoms with van der Waals surface area (Å²) in [6.07, 6.45) is 1.35. The van der Waals surface area contributed by atoms with Crippen molar-refractivity contribution in [1.29, 1.82) is 0 Å². The molecule has 7 heteroatoms. The lowest BCUT2D eigenvalue weighted by molar-refractivity contribution is -0.115. The summed E-state index contributed by atoms with van der Waals surface area (Å²) in [5.41, 5.74) is 6.47. The van der Waals surface area contributed by atoms with E-state index in [1.54, 1.807) is 12.1 Å². The first kappa shape index (κ1) is 16.8.